The first kappa shape index (κ1) is 24.6. The maximum Gasteiger partial charge on any atom is 0.455 e. The van der Waals surface area contributed by atoms with Crippen molar-refractivity contribution in [1.82, 2.24) is 24.1 Å². The lowest BCUT2D eigenvalue weighted by molar-refractivity contribution is -0.287. The normalized spacial score (nSPS) is 13.5. The fraction of sp³-hybridized carbons (Fsp3) is 0.333. The molecule has 0 fully saturated rings. The van der Waals surface area contributed by atoms with E-state index in [0.717, 1.165) is 6.20 Å². The van der Waals surface area contributed by atoms with Gasteiger partial charge in [0.25, 0.3) is 5.56 Å². The minimum atomic E-state index is -5.90. The summed E-state index contributed by atoms with van der Waals surface area (Å²) in [7, 11) is 4.97. The molecule has 3 aromatic heterocycles. The molecule has 0 aliphatic carbocycles. The van der Waals surface area contributed by atoms with Gasteiger partial charge in [-0.25, -0.2) is 4.98 Å². The van der Waals surface area contributed by atoms with Crippen LogP contribution in [0.15, 0.2) is 29.5 Å². The molecule has 0 N–H and O–H groups in total. The average molecular weight is 479 g/mol. The molecule has 18 heteroatoms. The zero-order valence-corrected chi connectivity index (χ0v) is 17.1. The Bertz CT molecular complexity index is 1250. The highest BCUT2D eigenvalue weighted by molar-refractivity contribution is 6.58. The van der Waals surface area contributed by atoms with Gasteiger partial charge in [-0.3, -0.25) is 13.9 Å². The Balaban J connectivity index is 2.15. The summed E-state index contributed by atoms with van der Waals surface area (Å²) in [5.74, 6) is -5.97. The Hall–Kier alpha value is -3.07. The number of aromatic nitrogens is 5. The van der Waals surface area contributed by atoms with Crippen molar-refractivity contribution in [3.63, 3.8) is 0 Å². The standard InChI is InChI=1S/C15H12B3F8N5O2/c16-15(17,18)33-7-1-2-31-10(32)8(9(13(21,22)23)29-11(31)28-7)6-3-27-30(4-6)5-12(19,20)14(24,25)26/h1-4H,5,16-18H2. The summed E-state index contributed by atoms with van der Waals surface area (Å²) in [6.45, 7) is -1.99. The number of halogens is 8. The molecular formula is C15H12B3F8N5O2. The third-order valence-electron chi connectivity index (χ3n) is 4.05. The van der Waals surface area contributed by atoms with E-state index in [4.69, 9.17) is 4.74 Å². The first-order valence-corrected chi connectivity index (χ1v) is 9.06. The lowest BCUT2D eigenvalue weighted by atomic mass is 9.52. The monoisotopic (exact) mass is 479 g/mol. The molecule has 3 aromatic rings. The van der Waals surface area contributed by atoms with Crippen LogP contribution in [0.2, 0.25) is 0 Å². The van der Waals surface area contributed by atoms with Crippen molar-refractivity contribution >= 4 is 29.3 Å². The van der Waals surface area contributed by atoms with Crippen molar-refractivity contribution in [3.05, 3.63) is 40.7 Å². The van der Waals surface area contributed by atoms with Crippen molar-refractivity contribution in [2.75, 3.05) is 0 Å². The highest BCUT2D eigenvalue weighted by Gasteiger charge is 2.57. The van der Waals surface area contributed by atoms with Gasteiger partial charge in [0.2, 0.25) is 11.7 Å². The number of hydrogen-bond acceptors (Lipinski definition) is 5. The van der Waals surface area contributed by atoms with E-state index in [-0.39, 0.29) is 10.6 Å². The Morgan fingerprint density at radius 2 is 1.64 bits per heavy atom. The Morgan fingerprint density at radius 3 is 2.18 bits per heavy atom. The van der Waals surface area contributed by atoms with Crippen LogP contribution in [0, 0.1) is 0 Å². The summed E-state index contributed by atoms with van der Waals surface area (Å²) in [5.41, 5.74) is -4.74. The van der Waals surface area contributed by atoms with Crippen LogP contribution in [-0.2, 0) is 12.7 Å². The summed E-state index contributed by atoms with van der Waals surface area (Å²) < 4.78 is 111. The molecule has 3 heterocycles. The van der Waals surface area contributed by atoms with Gasteiger partial charge in [0.15, 0.2) is 5.69 Å². The van der Waals surface area contributed by atoms with E-state index >= 15 is 0 Å². The summed E-state index contributed by atoms with van der Waals surface area (Å²) in [6, 6.07) is 1.20. The topological polar surface area (TPSA) is 74.3 Å². The molecule has 0 radical (unpaired) electrons. The largest absolute Gasteiger partial charge is 0.499 e. The Kier molecular flexibility index (Phi) is 5.78. The maximum atomic E-state index is 13.7. The minimum absolute atomic E-state index is 0.0931. The third kappa shape index (κ3) is 5.14. The maximum absolute atomic E-state index is 13.7. The zero-order valence-electron chi connectivity index (χ0n) is 17.1. The molecule has 0 saturated heterocycles. The fourth-order valence-corrected chi connectivity index (χ4v) is 2.72. The smallest absolute Gasteiger partial charge is 0.455 e. The molecule has 0 unspecified atom stereocenters. The molecular weight excluding hydrogens is 467 g/mol. The number of ether oxygens (including phenoxy) is 1. The van der Waals surface area contributed by atoms with Crippen LogP contribution >= 0.6 is 0 Å². The SMILES string of the molecule is BC(B)(B)Oc1ccn2c(=O)c(-c3cnn(CC(F)(F)C(F)(F)F)c3)c(C(F)(F)F)nc2n1. The van der Waals surface area contributed by atoms with E-state index in [2.05, 4.69) is 15.1 Å². The second-order valence-electron chi connectivity index (χ2n) is 7.92. The molecule has 0 aromatic carbocycles. The lowest BCUT2D eigenvalue weighted by Crippen LogP contribution is -2.40. The predicted molar refractivity (Wildman–Crippen MR) is 105 cm³/mol. The second kappa shape index (κ2) is 7.76. The van der Waals surface area contributed by atoms with Crippen LogP contribution in [0.1, 0.15) is 5.69 Å². The molecule has 0 saturated carbocycles. The van der Waals surface area contributed by atoms with Gasteiger partial charge in [0, 0.05) is 29.3 Å². The van der Waals surface area contributed by atoms with Gasteiger partial charge in [-0.2, -0.15) is 45.2 Å². The fourth-order valence-electron chi connectivity index (χ4n) is 2.72. The third-order valence-corrected chi connectivity index (χ3v) is 4.05. The number of rotatable bonds is 5. The molecule has 7 nitrogen and oxygen atoms in total. The molecule has 33 heavy (non-hydrogen) atoms. The summed E-state index contributed by atoms with van der Waals surface area (Å²) in [6.07, 6.45) is -9.01. The van der Waals surface area contributed by atoms with Gasteiger partial charge in [0.1, 0.15) is 30.1 Å². The van der Waals surface area contributed by atoms with Crippen molar-refractivity contribution in [2.24, 2.45) is 0 Å². The van der Waals surface area contributed by atoms with Crippen LogP contribution in [0.3, 0.4) is 0 Å². The predicted octanol–water partition coefficient (Wildman–Crippen LogP) is 0.0588. The van der Waals surface area contributed by atoms with Crippen molar-refractivity contribution < 1.29 is 39.9 Å². The van der Waals surface area contributed by atoms with Gasteiger partial charge in [-0.05, 0) is 0 Å². The van der Waals surface area contributed by atoms with Crippen LogP contribution in [0.25, 0.3) is 16.9 Å². The average Bonchev–Trinajstić information content (AvgIpc) is 3.05. The number of hydrogen-bond donors (Lipinski definition) is 0. The minimum Gasteiger partial charge on any atom is -0.499 e. The lowest BCUT2D eigenvalue weighted by Gasteiger charge is -2.21. The summed E-state index contributed by atoms with van der Waals surface area (Å²) in [4.78, 5) is 20.0. The first-order chi connectivity index (χ1) is 14.9. The number of fused-ring (bicyclic) bond motifs is 1. The molecule has 3 rings (SSSR count). The van der Waals surface area contributed by atoms with Gasteiger partial charge < -0.3 is 4.74 Å². The van der Waals surface area contributed by atoms with Crippen molar-refractivity contribution in [3.8, 4) is 17.0 Å². The highest BCUT2D eigenvalue weighted by atomic mass is 19.4. The van der Waals surface area contributed by atoms with E-state index in [1.54, 1.807) is 23.5 Å². The molecule has 0 aliphatic rings. The van der Waals surface area contributed by atoms with Crippen LogP contribution in [-0.4, -0.2) is 65.1 Å². The van der Waals surface area contributed by atoms with Crippen LogP contribution < -0.4 is 10.3 Å². The van der Waals surface area contributed by atoms with Gasteiger partial charge >= 0.3 is 18.3 Å². The van der Waals surface area contributed by atoms with Crippen LogP contribution in [0.5, 0.6) is 5.88 Å². The quantitative estimate of drug-likeness (QED) is 0.383. The summed E-state index contributed by atoms with van der Waals surface area (Å²) in [5, 5.41) is 2.49. The molecule has 0 bridgehead atoms. The molecule has 174 valence electrons. The summed E-state index contributed by atoms with van der Waals surface area (Å²) >= 11 is 0. The van der Waals surface area contributed by atoms with Gasteiger partial charge in [-0.1, -0.05) is 0 Å². The second-order valence-corrected chi connectivity index (χ2v) is 7.92. The first-order valence-electron chi connectivity index (χ1n) is 9.06. The van der Waals surface area contributed by atoms with Crippen molar-refractivity contribution in [1.29, 1.82) is 0 Å². The van der Waals surface area contributed by atoms with Gasteiger partial charge in [-0.15, -0.1) is 0 Å². The molecule has 0 amide bonds. The van der Waals surface area contributed by atoms with E-state index in [1.165, 1.54) is 6.07 Å². The van der Waals surface area contributed by atoms with E-state index < -0.39 is 58.3 Å². The zero-order chi connectivity index (χ0) is 25.0. The Morgan fingerprint density at radius 1 is 1.00 bits per heavy atom. The van der Waals surface area contributed by atoms with E-state index in [9.17, 15) is 39.9 Å². The van der Waals surface area contributed by atoms with Gasteiger partial charge in [0.05, 0.1) is 11.8 Å². The van der Waals surface area contributed by atoms with Crippen LogP contribution in [0.4, 0.5) is 35.1 Å². The highest BCUT2D eigenvalue weighted by Crippen LogP contribution is 2.37. The van der Waals surface area contributed by atoms with E-state index in [0.29, 0.717) is 16.8 Å². The molecule has 0 atom stereocenters. The Labute approximate surface area is 182 Å². The number of nitrogens with zero attached hydrogens (tertiary/aromatic N) is 5. The number of alkyl halides is 8. The van der Waals surface area contributed by atoms with E-state index in [1.807, 2.05) is 0 Å². The molecule has 0 spiro atoms. The van der Waals surface area contributed by atoms with Crippen molar-refractivity contribution in [2.45, 2.75) is 30.1 Å². The molecule has 0 aliphatic heterocycles.